The number of aliphatic carboxylic acids is 1. The molecule has 4 atom stereocenters. The number of hydrogen-bond donors (Lipinski definition) is 3. The number of hydrogen-bond acceptors (Lipinski definition) is 7. The van der Waals surface area contributed by atoms with E-state index in [1.807, 2.05) is 48.5 Å². The summed E-state index contributed by atoms with van der Waals surface area (Å²) in [6.07, 6.45) is 6.58. The third kappa shape index (κ3) is 8.61. The molecule has 0 aliphatic carbocycles. The second-order valence-electron chi connectivity index (χ2n) is 11.9. The Morgan fingerprint density at radius 1 is 0.857 bits per heavy atom. The van der Waals surface area contributed by atoms with Crippen molar-refractivity contribution in [2.24, 2.45) is 0 Å². The molecule has 3 heterocycles. The minimum absolute atomic E-state index is 0.00984. The van der Waals surface area contributed by atoms with Crippen molar-refractivity contribution in [2.45, 2.75) is 88.9 Å². The number of anilines is 1. The Hall–Kier alpha value is -2.82. The molecule has 0 radical (unpaired) electrons. The van der Waals surface area contributed by atoms with Gasteiger partial charge in [0.2, 0.25) is 5.91 Å². The van der Waals surface area contributed by atoms with Crippen LogP contribution in [0.3, 0.4) is 0 Å². The Bertz CT molecular complexity index is 1150. The molecule has 5 rings (SSSR count). The van der Waals surface area contributed by atoms with E-state index in [0.29, 0.717) is 24.6 Å². The van der Waals surface area contributed by atoms with Crippen molar-refractivity contribution in [3.63, 3.8) is 0 Å². The molecule has 9 heteroatoms. The van der Waals surface area contributed by atoms with Crippen molar-refractivity contribution < 1.29 is 29.3 Å². The van der Waals surface area contributed by atoms with E-state index in [1.54, 1.807) is 0 Å². The average molecular weight is 580 g/mol. The van der Waals surface area contributed by atoms with Crippen molar-refractivity contribution >= 4 is 17.6 Å². The predicted octanol–water partition coefficient (Wildman–Crippen LogP) is 4.87. The molecule has 3 aliphatic heterocycles. The van der Waals surface area contributed by atoms with Gasteiger partial charge in [-0.25, -0.2) is 0 Å². The molecule has 0 spiro atoms. The fourth-order valence-electron chi connectivity index (χ4n) is 6.41. The Morgan fingerprint density at radius 3 is 2.29 bits per heavy atom. The third-order valence-electron chi connectivity index (χ3n) is 8.73. The minimum atomic E-state index is -0.841. The van der Waals surface area contributed by atoms with Crippen molar-refractivity contribution in [1.29, 1.82) is 0 Å². The summed E-state index contributed by atoms with van der Waals surface area (Å²) < 4.78 is 13.1. The predicted molar refractivity (Wildman–Crippen MR) is 160 cm³/mol. The van der Waals surface area contributed by atoms with E-state index in [9.17, 15) is 14.7 Å². The van der Waals surface area contributed by atoms with Gasteiger partial charge in [0.05, 0.1) is 18.8 Å². The molecule has 3 saturated heterocycles. The number of aliphatic hydroxyl groups excluding tert-OH is 1. The maximum absolute atomic E-state index is 12.3. The zero-order chi connectivity index (χ0) is 29.3. The van der Waals surface area contributed by atoms with Crippen molar-refractivity contribution in [3.8, 4) is 0 Å². The summed E-state index contributed by atoms with van der Waals surface area (Å²) in [6.45, 7) is 5.56. The number of carbonyl (C=O) groups excluding carboxylic acids is 1. The lowest BCUT2D eigenvalue weighted by Gasteiger charge is -2.39. The monoisotopic (exact) mass is 579 g/mol. The van der Waals surface area contributed by atoms with Gasteiger partial charge in [0.1, 0.15) is 0 Å². The van der Waals surface area contributed by atoms with Gasteiger partial charge in [-0.15, -0.1) is 0 Å². The highest BCUT2D eigenvalue weighted by Gasteiger charge is 2.36. The third-order valence-corrected chi connectivity index (χ3v) is 8.73. The quantitative estimate of drug-likeness (QED) is 0.288. The van der Waals surface area contributed by atoms with Gasteiger partial charge in [-0.1, -0.05) is 36.4 Å². The molecular weight excluding hydrogens is 534 g/mol. The number of nitrogens with one attached hydrogen (secondary N) is 1. The Kier molecular flexibility index (Phi) is 11.0. The second kappa shape index (κ2) is 15.1. The highest BCUT2D eigenvalue weighted by atomic mass is 16.7. The molecule has 9 nitrogen and oxygen atoms in total. The Morgan fingerprint density at radius 2 is 1.57 bits per heavy atom. The first kappa shape index (κ1) is 30.6. The van der Waals surface area contributed by atoms with E-state index in [1.165, 1.54) is 38.8 Å². The SMILES string of the molecule is O=C(O)CCCCC(=O)Nc1ccc([C@@H]2O[C@H](CN3CCC[C@H]3CN3CCCC3)C[C@H](c3ccc(CO)cc3)O2)cc1. The molecule has 0 saturated carbocycles. The molecule has 3 aliphatic rings. The number of carbonyl (C=O) groups is 2. The summed E-state index contributed by atoms with van der Waals surface area (Å²) in [5.74, 6) is -0.967. The smallest absolute Gasteiger partial charge is 0.303 e. The molecule has 1 amide bonds. The number of aliphatic hydroxyl groups is 1. The summed E-state index contributed by atoms with van der Waals surface area (Å²) in [6, 6.07) is 16.1. The number of nitrogens with zero attached hydrogens (tertiary/aromatic N) is 2. The topological polar surface area (TPSA) is 112 Å². The number of benzene rings is 2. The first-order chi connectivity index (χ1) is 20.5. The van der Waals surface area contributed by atoms with Crippen LogP contribution in [0.25, 0.3) is 0 Å². The lowest BCUT2D eigenvalue weighted by molar-refractivity contribution is -0.253. The first-order valence-corrected chi connectivity index (χ1v) is 15.6. The number of carboxylic acids is 1. The maximum atomic E-state index is 12.3. The van der Waals surface area contributed by atoms with E-state index in [-0.39, 0.29) is 37.6 Å². The highest BCUT2D eigenvalue weighted by molar-refractivity contribution is 5.90. The molecule has 2 aromatic carbocycles. The molecule has 0 unspecified atom stereocenters. The van der Waals surface area contributed by atoms with E-state index in [4.69, 9.17) is 14.6 Å². The number of ether oxygens (including phenoxy) is 2. The second-order valence-corrected chi connectivity index (χ2v) is 11.9. The van der Waals surface area contributed by atoms with Crippen LogP contribution >= 0.6 is 0 Å². The Labute approximate surface area is 248 Å². The number of amides is 1. The molecular formula is C33H45N3O6. The normalized spacial score (nSPS) is 25.1. The van der Waals surface area contributed by atoms with Crippen LogP contribution in [0.5, 0.6) is 0 Å². The summed E-state index contributed by atoms with van der Waals surface area (Å²) >= 11 is 0. The van der Waals surface area contributed by atoms with E-state index in [0.717, 1.165) is 42.7 Å². The zero-order valence-corrected chi connectivity index (χ0v) is 24.5. The van der Waals surface area contributed by atoms with Crippen molar-refractivity contribution in [2.75, 3.05) is 38.0 Å². The minimum Gasteiger partial charge on any atom is -0.481 e. The van der Waals surface area contributed by atoms with Gasteiger partial charge in [0.25, 0.3) is 0 Å². The van der Waals surface area contributed by atoms with Crippen LogP contribution < -0.4 is 5.32 Å². The number of carboxylic acid groups (broad SMARTS) is 1. The van der Waals surface area contributed by atoms with E-state index in [2.05, 4.69) is 15.1 Å². The van der Waals surface area contributed by atoms with E-state index >= 15 is 0 Å². The highest BCUT2D eigenvalue weighted by Crippen LogP contribution is 2.39. The van der Waals surface area contributed by atoms with Gasteiger partial charge in [0, 0.05) is 49.6 Å². The van der Waals surface area contributed by atoms with Gasteiger partial charge >= 0.3 is 5.97 Å². The van der Waals surface area contributed by atoms with Crippen LogP contribution in [0.15, 0.2) is 48.5 Å². The lowest BCUT2D eigenvalue weighted by atomic mass is 9.99. The summed E-state index contributed by atoms with van der Waals surface area (Å²) in [5, 5.41) is 21.2. The van der Waals surface area contributed by atoms with Crippen LogP contribution in [-0.2, 0) is 25.7 Å². The molecule has 0 bridgehead atoms. The lowest BCUT2D eigenvalue weighted by Crippen LogP contribution is -2.45. The van der Waals surface area contributed by atoms with Gasteiger partial charge in [-0.2, -0.15) is 0 Å². The summed E-state index contributed by atoms with van der Waals surface area (Å²) in [5.41, 5.74) is 3.53. The van der Waals surface area contributed by atoms with Crippen LogP contribution in [-0.4, -0.2) is 76.8 Å². The zero-order valence-electron chi connectivity index (χ0n) is 24.5. The van der Waals surface area contributed by atoms with Gasteiger partial charge < -0.3 is 29.9 Å². The first-order valence-electron chi connectivity index (χ1n) is 15.6. The number of likely N-dealkylation sites (tertiary alicyclic amines) is 2. The van der Waals surface area contributed by atoms with Crippen LogP contribution in [0.1, 0.15) is 86.9 Å². The van der Waals surface area contributed by atoms with Crippen molar-refractivity contribution in [3.05, 3.63) is 65.2 Å². The fourth-order valence-corrected chi connectivity index (χ4v) is 6.41. The molecule has 3 fully saturated rings. The average Bonchev–Trinajstić information content (AvgIpc) is 3.68. The maximum Gasteiger partial charge on any atom is 0.303 e. The number of unbranched alkanes of at least 4 members (excludes halogenated alkanes) is 1. The van der Waals surface area contributed by atoms with Gasteiger partial charge in [-0.3, -0.25) is 14.5 Å². The van der Waals surface area contributed by atoms with Gasteiger partial charge in [-0.05, 0) is 81.4 Å². The van der Waals surface area contributed by atoms with Crippen LogP contribution in [0.4, 0.5) is 5.69 Å². The summed E-state index contributed by atoms with van der Waals surface area (Å²) in [7, 11) is 0. The molecule has 0 aromatic heterocycles. The molecule has 3 N–H and O–H groups in total. The van der Waals surface area contributed by atoms with Crippen LogP contribution in [0.2, 0.25) is 0 Å². The largest absolute Gasteiger partial charge is 0.481 e. The molecule has 228 valence electrons. The fraction of sp³-hybridized carbons (Fsp3) is 0.576. The Balaban J connectivity index is 1.24. The summed E-state index contributed by atoms with van der Waals surface area (Å²) in [4.78, 5) is 28.2. The van der Waals surface area contributed by atoms with E-state index < -0.39 is 12.3 Å². The standard InChI is InChI=1S/C33H45N3O6/c37-23-24-9-11-25(12-10-24)30-20-29(22-36-19-5-6-28(36)21-35-17-3-4-18-35)41-33(42-30)26-13-15-27(16-14-26)34-31(38)7-1-2-8-32(39)40/h9-16,28-30,33,37H,1-8,17-23H2,(H,34,38)(H,39,40)/t28-,29-,30+,33+/m0/s1. The number of rotatable bonds is 13. The van der Waals surface area contributed by atoms with Crippen molar-refractivity contribution in [1.82, 2.24) is 9.80 Å². The molecule has 2 aromatic rings. The van der Waals surface area contributed by atoms with Crippen LogP contribution in [0, 0.1) is 0 Å². The van der Waals surface area contributed by atoms with Gasteiger partial charge in [0.15, 0.2) is 6.29 Å². The molecule has 42 heavy (non-hydrogen) atoms.